The summed E-state index contributed by atoms with van der Waals surface area (Å²) in [7, 11) is 0. The molecule has 0 aliphatic carbocycles. The van der Waals surface area contributed by atoms with Crippen LogP contribution in [-0.4, -0.2) is 30.4 Å². The van der Waals surface area contributed by atoms with E-state index in [2.05, 4.69) is 26.6 Å². The van der Waals surface area contributed by atoms with E-state index in [0.29, 0.717) is 21.5 Å². The molecular weight excluding hydrogens is 545 g/mol. The Morgan fingerprint density at radius 2 is 1.76 bits per heavy atom. The first-order valence-electron chi connectivity index (χ1n) is 11.1. The molecule has 0 bridgehead atoms. The lowest BCUT2D eigenvalue weighted by atomic mass is 10.1. The lowest BCUT2D eigenvalue weighted by Gasteiger charge is -2.26. The van der Waals surface area contributed by atoms with Crippen molar-refractivity contribution >= 4 is 57.1 Å². The molecule has 0 unspecified atom stereocenters. The number of amides is 5. The fourth-order valence-electron chi connectivity index (χ4n) is 3.53. The molecule has 5 amide bonds. The Balaban J connectivity index is 1.46. The third kappa shape index (κ3) is 5.92. The smallest absolute Gasteiger partial charge is 0.335 e. The molecule has 8 nitrogen and oxygen atoms in total. The number of aryl methyl sites for hydroxylation is 2. The number of hydrogen-bond acceptors (Lipinski definition) is 5. The van der Waals surface area contributed by atoms with Crippen molar-refractivity contribution in [3.63, 3.8) is 0 Å². The quantitative estimate of drug-likeness (QED) is 0.327. The number of nitrogens with zero attached hydrogens (tertiary/aromatic N) is 1. The predicted molar refractivity (Wildman–Crippen MR) is 140 cm³/mol. The molecule has 4 rings (SSSR count). The van der Waals surface area contributed by atoms with Crippen LogP contribution in [0.4, 0.5) is 20.6 Å². The number of ether oxygens (including phenoxy) is 1. The van der Waals surface area contributed by atoms with Gasteiger partial charge in [-0.05, 0) is 101 Å². The molecule has 188 valence electrons. The average molecular weight is 566 g/mol. The van der Waals surface area contributed by atoms with E-state index < -0.39 is 23.7 Å². The number of anilines is 2. The second kappa shape index (κ2) is 10.8. The van der Waals surface area contributed by atoms with Gasteiger partial charge >= 0.3 is 6.03 Å². The topological polar surface area (TPSA) is 105 Å². The van der Waals surface area contributed by atoms with Crippen LogP contribution in [0.5, 0.6) is 5.75 Å². The van der Waals surface area contributed by atoms with Crippen molar-refractivity contribution in [1.82, 2.24) is 5.32 Å². The molecule has 1 heterocycles. The van der Waals surface area contributed by atoms with Crippen molar-refractivity contribution in [3.8, 4) is 5.75 Å². The van der Waals surface area contributed by atoms with Crippen LogP contribution in [0.15, 0.2) is 70.7 Å². The fraction of sp³-hybridized carbons (Fsp3) is 0.111. The van der Waals surface area contributed by atoms with E-state index in [4.69, 9.17) is 4.74 Å². The van der Waals surface area contributed by atoms with Crippen molar-refractivity contribution < 1.29 is 28.3 Å². The highest BCUT2D eigenvalue weighted by atomic mass is 79.9. The minimum atomic E-state index is -0.928. The van der Waals surface area contributed by atoms with Crippen LogP contribution in [0.1, 0.15) is 16.7 Å². The van der Waals surface area contributed by atoms with Gasteiger partial charge in [0.25, 0.3) is 17.7 Å². The molecule has 0 aromatic heterocycles. The molecule has 10 heteroatoms. The Kier molecular flexibility index (Phi) is 7.49. The fourth-order valence-corrected chi connectivity index (χ4v) is 4.04. The number of hydrogen-bond donors (Lipinski definition) is 2. The minimum Gasteiger partial charge on any atom is -0.483 e. The van der Waals surface area contributed by atoms with Crippen LogP contribution >= 0.6 is 15.9 Å². The van der Waals surface area contributed by atoms with Crippen molar-refractivity contribution in [1.29, 1.82) is 0 Å². The highest BCUT2D eigenvalue weighted by Gasteiger charge is 2.36. The Morgan fingerprint density at radius 3 is 2.43 bits per heavy atom. The van der Waals surface area contributed by atoms with Crippen molar-refractivity contribution in [3.05, 3.63) is 93.2 Å². The largest absolute Gasteiger partial charge is 0.483 e. The molecule has 1 aliphatic heterocycles. The average Bonchev–Trinajstić information content (AvgIpc) is 2.84. The number of benzene rings is 3. The summed E-state index contributed by atoms with van der Waals surface area (Å²) in [6, 6.07) is 14.2. The third-order valence-corrected chi connectivity index (χ3v) is 6.22. The van der Waals surface area contributed by atoms with E-state index in [1.54, 1.807) is 18.2 Å². The van der Waals surface area contributed by atoms with Gasteiger partial charge in [0.15, 0.2) is 6.61 Å². The molecule has 0 atom stereocenters. The molecule has 37 heavy (non-hydrogen) atoms. The van der Waals surface area contributed by atoms with Crippen molar-refractivity contribution in [2.75, 3.05) is 16.8 Å². The van der Waals surface area contributed by atoms with Gasteiger partial charge in [0.1, 0.15) is 17.1 Å². The molecule has 0 radical (unpaired) electrons. The summed E-state index contributed by atoms with van der Waals surface area (Å²) in [4.78, 5) is 50.7. The summed E-state index contributed by atoms with van der Waals surface area (Å²) >= 11 is 3.37. The monoisotopic (exact) mass is 565 g/mol. The molecule has 1 fully saturated rings. The zero-order chi connectivity index (χ0) is 26.7. The highest BCUT2D eigenvalue weighted by molar-refractivity contribution is 9.10. The zero-order valence-corrected chi connectivity index (χ0v) is 21.4. The molecule has 3 aromatic rings. The standard InChI is InChI=1S/C27H21BrFN3O5/c1-15-3-7-19(11-16(15)2)30-24(33)14-37-23-10-4-17(13-22(23)28)12-21-25(34)31-27(36)32(26(21)35)20-8-5-18(29)6-9-20/h3-13H,14H2,1-2H3,(H,30,33)(H,31,34,36)/b21-12+. The highest BCUT2D eigenvalue weighted by Crippen LogP contribution is 2.28. The van der Waals surface area contributed by atoms with Crippen molar-refractivity contribution in [2.45, 2.75) is 13.8 Å². The second-order valence-electron chi connectivity index (χ2n) is 8.26. The maximum Gasteiger partial charge on any atom is 0.335 e. The van der Waals surface area contributed by atoms with Gasteiger partial charge in [-0.15, -0.1) is 0 Å². The molecule has 0 saturated carbocycles. The first-order chi connectivity index (χ1) is 17.6. The van der Waals surface area contributed by atoms with Gasteiger partial charge in [0, 0.05) is 5.69 Å². The maximum absolute atomic E-state index is 13.3. The Morgan fingerprint density at radius 1 is 1.03 bits per heavy atom. The van der Waals surface area contributed by atoms with Gasteiger partial charge in [-0.3, -0.25) is 19.7 Å². The van der Waals surface area contributed by atoms with E-state index in [1.165, 1.54) is 18.2 Å². The molecule has 2 N–H and O–H groups in total. The lowest BCUT2D eigenvalue weighted by molar-refractivity contribution is -0.122. The van der Waals surface area contributed by atoms with Gasteiger partial charge < -0.3 is 10.1 Å². The van der Waals surface area contributed by atoms with Crippen LogP contribution in [0, 0.1) is 19.7 Å². The molecule has 0 spiro atoms. The zero-order valence-electron chi connectivity index (χ0n) is 19.8. The van der Waals surface area contributed by atoms with Gasteiger partial charge in [0.05, 0.1) is 10.2 Å². The molecule has 3 aromatic carbocycles. The molecule has 1 saturated heterocycles. The van der Waals surface area contributed by atoms with Crippen LogP contribution in [0.3, 0.4) is 0 Å². The summed E-state index contributed by atoms with van der Waals surface area (Å²) in [6.45, 7) is 3.71. The summed E-state index contributed by atoms with van der Waals surface area (Å²) in [5, 5.41) is 4.89. The SMILES string of the molecule is Cc1ccc(NC(=O)COc2ccc(/C=C3\C(=O)NC(=O)N(c4ccc(F)cc4)C3=O)cc2Br)cc1C. The van der Waals surface area contributed by atoms with Crippen LogP contribution in [0.25, 0.3) is 6.08 Å². The molecular formula is C27H21BrFN3O5. The van der Waals surface area contributed by atoms with Crippen molar-refractivity contribution in [2.24, 2.45) is 0 Å². The normalized spacial score (nSPS) is 14.5. The van der Waals surface area contributed by atoms with Crippen LogP contribution in [-0.2, 0) is 14.4 Å². The van der Waals surface area contributed by atoms with E-state index in [9.17, 15) is 23.6 Å². The predicted octanol–water partition coefficient (Wildman–Crippen LogP) is 4.89. The summed E-state index contributed by atoms with van der Waals surface area (Å²) in [5.74, 6) is -2.20. The summed E-state index contributed by atoms with van der Waals surface area (Å²) < 4.78 is 19.3. The number of nitrogens with one attached hydrogen (secondary N) is 2. The van der Waals surface area contributed by atoms with Gasteiger partial charge in [-0.2, -0.15) is 0 Å². The first kappa shape index (κ1) is 25.8. The van der Waals surface area contributed by atoms with E-state index in [-0.39, 0.29) is 23.8 Å². The number of carbonyl (C=O) groups excluding carboxylic acids is 4. The summed E-state index contributed by atoms with van der Waals surface area (Å²) in [5.41, 5.74) is 3.15. The van der Waals surface area contributed by atoms with Crippen LogP contribution < -0.4 is 20.3 Å². The Labute approximate surface area is 220 Å². The van der Waals surface area contributed by atoms with E-state index in [1.807, 2.05) is 32.0 Å². The van der Waals surface area contributed by atoms with Gasteiger partial charge in [-0.25, -0.2) is 14.1 Å². The van der Waals surface area contributed by atoms with Gasteiger partial charge in [-0.1, -0.05) is 12.1 Å². The van der Waals surface area contributed by atoms with E-state index >= 15 is 0 Å². The van der Waals surface area contributed by atoms with Gasteiger partial charge in [0.2, 0.25) is 0 Å². The Bertz CT molecular complexity index is 1450. The number of imide groups is 2. The van der Waals surface area contributed by atoms with Crippen LogP contribution in [0.2, 0.25) is 0 Å². The van der Waals surface area contributed by atoms with E-state index in [0.717, 1.165) is 28.2 Å². The number of barbiturate groups is 1. The number of carbonyl (C=O) groups is 4. The number of urea groups is 1. The molecule has 1 aliphatic rings. The third-order valence-electron chi connectivity index (χ3n) is 5.60. The lowest BCUT2D eigenvalue weighted by Crippen LogP contribution is -2.54. The number of rotatable bonds is 6. The maximum atomic E-state index is 13.3. The summed E-state index contributed by atoms with van der Waals surface area (Å²) in [6.07, 6.45) is 1.32. The minimum absolute atomic E-state index is 0.117. The Hall–Kier alpha value is -4.31. The first-order valence-corrected chi connectivity index (χ1v) is 11.9. The second-order valence-corrected chi connectivity index (χ2v) is 9.11. The number of halogens is 2.